The van der Waals surface area contributed by atoms with Crippen LogP contribution in [0.2, 0.25) is 5.82 Å². The van der Waals surface area contributed by atoms with Crippen molar-refractivity contribution >= 4 is 13.4 Å². The van der Waals surface area contributed by atoms with Crippen molar-refractivity contribution in [2.24, 2.45) is 5.92 Å². The standard InChI is InChI=1S/C6H11B/c1-5-3-6(4-5)7-2/h5-6H,2-4H2,1H3. The van der Waals surface area contributed by atoms with Gasteiger partial charge in [-0.2, -0.15) is 0 Å². The third kappa shape index (κ3) is 0.931. The van der Waals surface area contributed by atoms with E-state index in [1.165, 1.54) is 12.8 Å². The molecule has 0 heterocycles. The van der Waals surface area contributed by atoms with Crippen molar-refractivity contribution in [2.45, 2.75) is 25.6 Å². The molecule has 0 saturated heterocycles. The number of rotatable bonds is 1. The fourth-order valence-corrected chi connectivity index (χ4v) is 1.16. The Hall–Kier alpha value is -0.0651. The first-order valence-electron chi connectivity index (χ1n) is 2.95. The van der Waals surface area contributed by atoms with E-state index in [1.54, 1.807) is 0 Å². The number of hydrogen-bond acceptors (Lipinski definition) is 0. The van der Waals surface area contributed by atoms with Crippen LogP contribution in [0.3, 0.4) is 0 Å². The molecule has 0 nitrogen and oxygen atoms in total. The van der Waals surface area contributed by atoms with Crippen LogP contribution in [-0.4, -0.2) is 13.4 Å². The molecule has 0 bridgehead atoms. The zero-order chi connectivity index (χ0) is 5.28. The average molecular weight is 94.0 g/mol. The minimum atomic E-state index is 0.856. The molecule has 0 aromatic rings. The topological polar surface area (TPSA) is 0 Å². The van der Waals surface area contributed by atoms with E-state index in [9.17, 15) is 0 Å². The van der Waals surface area contributed by atoms with E-state index >= 15 is 0 Å². The maximum atomic E-state index is 3.72. The van der Waals surface area contributed by atoms with E-state index in [-0.39, 0.29) is 0 Å². The first-order valence-corrected chi connectivity index (χ1v) is 2.95. The van der Waals surface area contributed by atoms with Crippen molar-refractivity contribution in [2.75, 3.05) is 0 Å². The van der Waals surface area contributed by atoms with Crippen LogP contribution in [0.4, 0.5) is 0 Å². The second-order valence-corrected chi connectivity index (χ2v) is 2.57. The Labute approximate surface area is 45.8 Å². The summed E-state index contributed by atoms with van der Waals surface area (Å²) in [7, 11) is 0. The molecule has 1 fully saturated rings. The molecule has 0 unspecified atom stereocenters. The van der Waals surface area contributed by atoms with E-state index in [0.29, 0.717) is 0 Å². The van der Waals surface area contributed by atoms with Crippen molar-refractivity contribution in [1.29, 1.82) is 0 Å². The predicted molar refractivity (Wildman–Crippen MR) is 35.0 cm³/mol. The zero-order valence-electron chi connectivity index (χ0n) is 4.85. The van der Waals surface area contributed by atoms with Crippen molar-refractivity contribution in [1.82, 2.24) is 0 Å². The Balaban J connectivity index is 2.17. The van der Waals surface area contributed by atoms with Crippen LogP contribution in [0.25, 0.3) is 0 Å². The fourth-order valence-electron chi connectivity index (χ4n) is 1.16. The summed E-state index contributed by atoms with van der Waals surface area (Å²) in [4.78, 5) is 0. The summed E-state index contributed by atoms with van der Waals surface area (Å²) in [6, 6.07) is 0. The van der Waals surface area contributed by atoms with Crippen LogP contribution in [-0.2, 0) is 0 Å². The van der Waals surface area contributed by atoms with E-state index in [1.807, 2.05) is 0 Å². The van der Waals surface area contributed by atoms with Gasteiger partial charge >= 0.3 is 44.9 Å². The van der Waals surface area contributed by atoms with Crippen LogP contribution in [0.15, 0.2) is 0 Å². The minimum absolute atomic E-state index is 0.856. The summed E-state index contributed by atoms with van der Waals surface area (Å²) in [5.74, 6) is 1.83. The van der Waals surface area contributed by atoms with Gasteiger partial charge in [0.2, 0.25) is 0 Å². The first kappa shape index (κ1) is 5.08. The maximum absolute atomic E-state index is 3.72. The molecule has 0 amide bonds. The predicted octanol–water partition coefficient (Wildman–Crippen LogP) is 1.34. The summed E-state index contributed by atoms with van der Waals surface area (Å²) in [5, 5.41) is 0. The van der Waals surface area contributed by atoms with Crippen LogP contribution in [0, 0.1) is 5.92 Å². The van der Waals surface area contributed by atoms with Crippen molar-refractivity contribution in [3.05, 3.63) is 0 Å². The average Bonchev–Trinajstić information content (AvgIpc) is 1.58. The van der Waals surface area contributed by atoms with Crippen molar-refractivity contribution in [3.63, 3.8) is 0 Å². The third-order valence-corrected chi connectivity index (χ3v) is 1.74. The Morgan fingerprint density at radius 1 is 1.57 bits per heavy atom. The van der Waals surface area contributed by atoms with Crippen molar-refractivity contribution in [3.8, 4) is 0 Å². The molecule has 0 spiro atoms. The molecule has 0 aliphatic heterocycles. The van der Waals surface area contributed by atoms with Gasteiger partial charge in [0.15, 0.2) is 0 Å². The zero-order valence-corrected chi connectivity index (χ0v) is 4.85. The Morgan fingerprint density at radius 2 is 2.14 bits per heavy atom. The molecular weight excluding hydrogens is 82.9 g/mol. The van der Waals surface area contributed by atoms with Gasteiger partial charge in [-0.15, -0.1) is 0 Å². The van der Waals surface area contributed by atoms with Crippen LogP contribution in [0.1, 0.15) is 19.8 Å². The molecule has 7 heavy (non-hydrogen) atoms. The van der Waals surface area contributed by atoms with E-state index in [4.69, 9.17) is 0 Å². The summed E-state index contributed by atoms with van der Waals surface area (Å²) >= 11 is 0. The molecule has 1 aliphatic carbocycles. The van der Waals surface area contributed by atoms with Gasteiger partial charge in [-0.1, -0.05) is 0 Å². The summed E-state index contributed by atoms with van der Waals surface area (Å²) in [6.07, 6.45) is 2.76. The molecule has 0 aromatic heterocycles. The van der Waals surface area contributed by atoms with Gasteiger partial charge in [-0.25, -0.2) is 0 Å². The van der Waals surface area contributed by atoms with Gasteiger partial charge in [0.25, 0.3) is 0 Å². The molecule has 38 valence electrons. The van der Waals surface area contributed by atoms with Gasteiger partial charge < -0.3 is 0 Å². The summed E-state index contributed by atoms with van der Waals surface area (Å²) in [6.45, 7) is 8.08. The van der Waals surface area contributed by atoms with Gasteiger partial charge in [0.1, 0.15) is 0 Å². The molecular formula is C6H11B. The molecule has 0 N–H and O–H groups in total. The Morgan fingerprint density at radius 3 is 2.29 bits per heavy atom. The first-order chi connectivity index (χ1) is 3.33. The normalized spacial score (nSPS) is 39.0. The van der Waals surface area contributed by atoms with Gasteiger partial charge in [-0.05, 0) is 0 Å². The fraction of sp³-hybridized carbons (Fsp3) is 0.833. The molecule has 0 aromatic carbocycles. The third-order valence-electron chi connectivity index (χ3n) is 1.74. The molecule has 1 saturated carbocycles. The summed E-state index contributed by atoms with van der Waals surface area (Å²) in [5.41, 5.74) is 0. The number of hydrogen-bond donors (Lipinski definition) is 0. The molecule has 0 atom stereocenters. The second-order valence-electron chi connectivity index (χ2n) is 2.57. The molecule has 0 radical (unpaired) electrons. The van der Waals surface area contributed by atoms with Crippen LogP contribution in [0.5, 0.6) is 0 Å². The second kappa shape index (κ2) is 1.81. The summed E-state index contributed by atoms with van der Waals surface area (Å²) < 4.78 is 0. The quantitative estimate of drug-likeness (QED) is 0.430. The van der Waals surface area contributed by atoms with E-state index < -0.39 is 0 Å². The van der Waals surface area contributed by atoms with Gasteiger partial charge in [-0.3, -0.25) is 0 Å². The molecule has 1 aliphatic rings. The van der Waals surface area contributed by atoms with Crippen molar-refractivity contribution < 1.29 is 0 Å². The molecule has 1 rings (SSSR count). The Kier molecular flexibility index (Phi) is 1.31. The monoisotopic (exact) mass is 94.1 g/mol. The van der Waals surface area contributed by atoms with Crippen LogP contribution < -0.4 is 0 Å². The molecule has 1 heteroatoms. The van der Waals surface area contributed by atoms with Gasteiger partial charge in [0, 0.05) is 0 Å². The van der Waals surface area contributed by atoms with Gasteiger partial charge in [0.05, 0.1) is 0 Å². The Bertz CT molecular complexity index is 72.2. The van der Waals surface area contributed by atoms with Crippen LogP contribution >= 0.6 is 0 Å². The van der Waals surface area contributed by atoms with E-state index in [2.05, 4.69) is 20.3 Å². The van der Waals surface area contributed by atoms with E-state index in [0.717, 1.165) is 11.7 Å². The SMILES string of the molecule is C=BC1CC(C)C1.